The first kappa shape index (κ1) is 8.76. The first-order valence-electron chi connectivity index (χ1n) is 5.11. The van der Waals surface area contributed by atoms with E-state index in [-0.39, 0.29) is 0 Å². The van der Waals surface area contributed by atoms with Crippen LogP contribution in [0.4, 0.5) is 0 Å². The standard InChI is InChI=1S/C12H16N/c1-2-5-11(6-3-1)9-12-7-4-8-13-10-12/h2-3,5-6,12-13H,4,7-10H2. The lowest BCUT2D eigenvalue weighted by Gasteiger charge is -2.22. The van der Waals surface area contributed by atoms with E-state index in [1.165, 1.54) is 37.9 Å². The van der Waals surface area contributed by atoms with Crippen LogP contribution in [-0.2, 0) is 6.42 Å². The molecule has 1 aromatic carbocycles. The van der Waals surface area contributed by atoms with Crippen LogP contribution in [0.2, 0.25) is 0 Å². The fourth-order valence-corrected chi connectivity index (χ4v) is 1.99. The summed E-state index contributed by atoms with van der Waals surface area (Å²) in [5.74, 6) is 0.844. The Bertz CT molecular complexity index is 237. The van der Waals surface area contributed by atoms with Crippen LogP contribution < -0.4 is 5.32 Å². The van der Waals surface area contributed by atoms with Gasteiger partial charge in [-0.05, 0) is 49.9 Å². The van der Waals surface area contributed by atoms with E-state index < -0.39 is 0 Å². The highest BCUT2D eigenvalue weighted by atomic mass is 14.9. The highest BCUT2D eigenvalue weighted by molar-refractivity contribution is 5.14. The Labute approximate surface area is 80.2 Å². The summed E-state index contributed by atoms with van der Waals surface area (Å²) in [7, 11) is 0. The summed E-state index contributed by atoms with van der Waals surface area (Å²) in [6.45, 7) is 2.40. The third kappa shape index (κ3) is 2.56. The maximum atomic E-state index is 3.45. The van der Waals surface area contributed by atoms with Gasteiger partial charge in [0.05, 0.1) is 0 Å². The van der Waals surface area contributed by atoms with E-state index >= 15 is 0 Å². The predicted molar refractivity (Wildman–Crippen MR) is 54.6 cm³/mol. The van der Waals surface area contributed by atoms with Gasteiger partial charge in [-0.15, -0.1) is 0 Å². The average Bonchev–Trinajstić information content (AvgIpc) is 2.21. The first-order chi connectivity index (χ1) is 6.45. The van der Waals surface area contributed by atoms with Gasteiger partial charge in [0, 0.05) is 0 Å². The molecule has 0 bridgehead atoms. The maximum Gasteiger partial charge on any atom is -0.00173 e. The lowest BCUT2D eigenvalue weighted by molar-refractivity contribution is 0.376. The van der Waals surface area contributed by atoms with Crippen LogP contribution in [0.15, 0.2) is 24.3 Å². The minimum absolute atomic E-state index is 0.844. The molecule has 1 nitrogen and oxygen atoms in total. The van der Waals surface area contributed by atoms with Crippen LogP contribution in [-0.4, -0.2) is 13.1 Å². The highest BCUT2D eigenvalue weighted by Crippen LogP contribution is 2.15. The van der Waals surface area contributed by atoms with Gasteiger partial charge in [-0.2, -0.15) is 0 Å². The van der Waals surface area contributed by atoms with Crippen molar-refractivity contribution >= 4 is 0 Å². The molecule has 1 saturated heterocycles. The molecule has 1 unspecified atom stereocenters. The minimum atomic E-state index is 0.844. The molecule has 1 atom stereocenters. The van der Waals surface area contributed by atoms with Crippen molar-refractivity contribution in [1.29, 1.82) is 0 Å². The van der Waals surface area contributed by atoms with Crippen molar-refractivity contribution in [2.24, 2.45) is 5.92 Å². The molecule has 0 amide bonds. The van der Waals surface area contributed by atoms with E-state index in [9.17, 15) is 0 Å². The van der Waals surface area contributed by atoms with Crippen molar-refractivity contribution in [2.75, 3.05) is 13.1 Å². The molecule has 0 saturated carbocycles. The fraction of sp³-hybridized carbons (Fsp3) is 0.500. The van der Waals surface area contributed by atoms with Crippen LogP contribution in [0.3, 0.4) is 0 Å². The molecule has 1 aromatic rings. The quantitative estimate of drug-likeness (QED) is 0.723. The zero-order valence-corrected chi connectivity index (χ0v) is 7.92. The number of piperidine rings is 1. The molecule has 69 valence electrons. The highest BCUT2D eigenvalue weighted by Gasteiger charge is 2.12. The molecule has 13 heavy (non-hydrogen) atoms. The van der Waals surface area contributed by atoms with Gasteiger partial charge in [-0.25, -0.2) is 0 Å². The van der Waals surface area contributed by atoms with Crippen LogP contribution in [0.5, 0.6) is 0 Å². The molecule has 1 radical (unpaired) electrons. The van der Waals surface area contributed by atoms with Gasteiger partial charge in [0.25, 0.3) is 0 Å². The van der Waals surface area contributed by atoms with Crippen molar-refractivity contribution < 1.29 is 0 Å². The van der Waals surface area contributed by atoms with Gasteiger partial charge in [-0.3, -0.25) is 0 Å². The molecule has 1 aliphatic rings. The Morgan fingerprint density at radius 2 is 2.23 bits per heavy atom. The van der Waals surface area contributed by atoms with Crippen molar-refractivity contribution in [3.8, 4) is 0 Å². The molecule has 0 aliphatic carbocycles. The minimum Gasteiger partial charge on any atom is -0.316 e. The number of hydrogen-bond acceptors (Lipinski definition) is 1. The summed E-state index contributed by atoms with van der Waals surface area (Å²) < 4.78 is 0. The Kier molecular flexibility index (Phi) is 2.98. The lowest BCUT2D eigenvalue weighted by Crippen LogP contribution is -2.30. The maximum absolute atomic E-state index is 3.45. The molecule has 0 spiro atoms. The number of nitrogens with one attached hydrogen (secondary N) is 1. The summed E-state index contributed by atoms with van der Waals surface area (Å²) in [6.07, 6.45) is 3.94. The Hall–Kier alpha value is -0.820. The van der Waals surface area contributed by atoms with E-state index in [2.05, 4.69) is 23.5 Å². The van der Waals surface area contributed by atoms with E-state index in [1.807, 2.05) is 12.1 Å². The summed E-state index contributed by atoms with van der Waals surface area (Å²) in [6, 6.07) is 11.4. The number of rotatable bonds is 2. The van der Waals surface area contributed by atoms with Crippen molar-refractivity contribution in [3.05, 3.63) is 35.9 Å². The lowest BCUT2D eigenvalue weighted by atomic mass is 9.92. The molecular weight excluding hydrogens is 158 g/mol. The van der Waals surface area contributed by atoms with Crippen LogP contribution in [0.25, 0.3) is 0 Å². The van der Waals surface area contributed by atoms with Crippen LogP contribution >= 0.6 is 0 Å². The number of hydrogen-bond donors (Lipinski definition) is 1. The average molecular weight is 174 g/mol. The molecular formula is C12H16N. The zero-order chi connectivity index (χ0) is 8.93. The molecule has 1 heteroatoms. The molecule has 1 heterocycles. The SMILES string of the molecule is [c]1ccc(CC2CCCNC2)cc1. The third-order valence-corrected chi connectivity index (χ3v) is 2.71. The van der Waals surface area contributed by atoms with Crippen molar-refractivity contribution in [1.82, 2.24) is 5.32 Å². The second-order valence-corrected chi connectivity index (χ2v) is 3.82. The Morgan fingerprint density at radius 1 is 1.38 bits per heavy atom. The second kappa shape index (κ2) is 4.43. The van der Waals surface area contributed by atoms with E-state index in [4.69, 9.17) is 0 Å². The topological polar surface area (TPSA) is 12.0 Å². The van der Waals surface area contributed by atoms with Gasteiger partial charge in [0.15, 0.2) is 0 Å². The fourth-order valence-electron chi connectivity index (χ4n) is 1.99. The van der Waals surface area contributed by atoms with Gasteiger partial charge >= 0.3 is 0 Å². The largest absolute Gasteiger partial charge is 0.316 e. The molecule has 2 rings (SSSR count). The Balaban J connectivity index is 1.90. The van der Waals surface area contributed by atoms with E-state index in [0.29, 0.717) is 0 Å². The smallest absolute Gasteiger partial charge is 0.00173 e. The normalized spacial score (nSPS) is 22.9. The second-order valence-electron chi connectivity index (χ2n) is 3.82. The summed E-state index contributed by atoms with van der Waals surface area (Å²) in [5.41, 5.74) is 1.45. The van der Waals surface area contributed by atoms with Crippen LogP contribution in [0.1, 0.15) is 18.4 Å². The molecule has 1 aliphatic heterocycles. The van der Waals surface area contributed by atoms with Crippen LogP contribution in [0, 0.1) is 12.0 Å². The van der Waals surface area contributed by atoms with Gasteiger partial charge < -0.3 is 5.32 Å². The molecule has 0 aromatic heterocycles. The van der Waals surface area contributed by atoms with E-state index in [1.54, 1.807) is 0 Å². The monoisotopic (exact) mass is 174 g/mol. The van der Waals surface area contributed by atoms with Gasteiger partial charge in [-0.1, -0.05) is 24.3 Å². The van der Waals surface area contributed by atoms with Crippen molar-refractivity contribution in [3.63, 3.8) is 0 Å². The summed E-state index contributed by atoms with van der Waals surface area (Å²) in [5, 5.41) is 3.45. The zero-order valence-electron chi connectivity index (χ0n) is 7.92. The van der Waals surface area contributed by atoms with E-state index in [0.717, 1.165) is 5.92 Å². The Morgan fingerprint density at radius 3 is 2.92 bits per heavy atom. The van der Waals surface area contributed by atoms with Crippen molar-refractivity contribution in [2.45, 2.75) is 19.3 Å². The number of benzene rings is 1. The molecule has 1 N–H and O–H groups in total. The molecule has 1 fully saturated rings. The predicted octanol–water partition coefficient (Wildman–Crippen LogP) is 2.03. The third-order valence-electron chi connectivity index (χ3n) is 2.71. The first-order valence-corrected chi connectivity index (χ1v) is 5.11. The summed E-state index contributed by atoms with van der Waals surface area (Å²) >= 11 is 0. The van der Waals surface area contributed by atoms with Gasteiger partial charge in [0.2, 0.25) is 0 Å². The van der Waals surface area contributed by atoms with Gasteiger partial charge in [0.1, 0.15) is 0 Å². The summed E-state index contributed by atoms with van der Waals surface area (Å²) in [4.78, 5) is 0.